The van der Waals surface area contributed by atoms with Gasteiger partial charge in [0.05, 0.1) is 12.2 Å². The summed E-state index contributed by atoms with van der Waals surface area (Å²) in [6.07, 6.45) is 1.07. The Morgan fingerprint density at radius 1 is 1.47 bits per heavy atom. The molecule has 1 aliphatic rings. The van der Waals surface area contributed by atoms with Crippen molar-refractivity contribution in [3.63, 3.8) is 0 Å². The molecule has 1 fully saturated rings. The van der Waals surface area contributed by atoms with Crippen LogP contribution in [0.1, 0.15) is 30.6 Å². The smallest absolute Gasteiger partial charge is 0.257 e. The van der Waals surface area contributed by atoms with E-state index in [1.807, 2.05) is 36.1 Å². The van der Waals surface area contributed by atoms with E-state index in [1.54, 1.807) is 0 Å². The highest BCUT2D eigenvalue weighted by Crippen LogP contribution is 2.29. The number of carbonyl (C=O) groups excluding carboxylic acids is 1. The van der Waals surface area contributed by atoms with Crippen molar-refractivity contribution < 1.29 is 9.53 Å². The van der Waals surface area contributed by atoms with E-state index in [0.29, 0.717) is 23.8 Å². The van der Waals surface area contributed by atoms with Crippen molar-refractivity contribution in [2.75, 3.05) is 18.5 Å². The van der Waals surface area contributed by atoms with E-state index in [1.165, 1.54) is 0 Å². The van der Waals surface area contributed by atoms with Crippen LogP contribution in [0.15, 0.2) is 24.3 Å². The van der Waals surface area contributed by atoms with Gasteiger partial charge in [-0.1, -0.05) is 35.0 Å². The Morgan fingerprint density at radius 3 is 2.89 bits per heavy atom. The van der Waals surface area contributed by atoms with Crippen molar-refractivity contribution in [1.82, 2.24) is 4.90 Å². The predicted octanol–water partition coefficient (Wildman–Crippen LogP) is 3.33. The van der Waals surface area contributed by atoms with Gasteiger partial charge in [-0.3, -0.25) is 4.79 Å². The summed E-state index contributed by atoms with van der Waals surface area (Å²) in [7, 11) is 0. The van der Waals surface area contributed by atoms with Crippen molar-refractivity contribution in [1.29, 1.82) is 0 Å². The minimum Gasteiger partial charge on any atom is -0.493 e. The fourth-order valence-corrected chi connectivity index (χ4v) is 3.56. The Bertz CT molecular complexity index is 450. The molecule has 1 aromatic rings. The third-order valence-corrected chi connectivity index (χ3v) is 4.38. The van der Waals surface area contributed by atoms with Crippen molar-refractivity contribution in [2.45, 2.75) is 26.3 Å². The van der Waals surface area contributed by atoms with Crippen LogP contribution in [0, 0.1) is 5.92 Å². The van der Waals surface area contributed by atoms with Crippen LogP contribution < -0.4 is 4.74 Å². The molecule has 0 bridgehead atoms. The van der Waals surface area contributed by atoms with Gasteiger partial charge >= 0.3 is 0 Å². The van der Waals surface area contributed by atoms with Crippen molar-refractivity contribution >= 4 is 21.8 Å². The van der Waals surface area contributed by atoms with Crippen LogP contribution in [-0.2, 0) is 0 Å². The van der Waals surface area contributed by atoms with Gasteiger partial charge in [-0.15, -0.1) is 0 Å². The van der Waals surface area contributed by atoms with Gasteiger partial charge in [-0.05, 0) is 31.4 Å². The molecule has 0 spiro atoms. The summed E-state index contributed by atoms with van der Waals surface area (Å²) in [4.78, 5) is 14.7. The fourth-order valence-electron chi connectivity index (χ4n) is 2.58. The van der Waals surface area contributed by atoms with E-state index in [4.69, 9.17) is 4.74 Å². The van der Waals surface area contributed by atoms with E-state index in [-0.39, 0.29) is 11.9 Å². The molecule has 0 aliphatic carbocycles. The molecule has 19 heavy (non-hydrogen) atoms. The highest BCUT2D eigenvalue weighted by Gasteiger charge is 2.34. The number of alkyl halides is 1. The number of rotatable bonds is 4. The van der Waals surface area contributed by atoms with E-state index in [9.17, 15) is 4.79 Å². The number of amides is 1. The van der Waals surface area contributed by atoms with Crippen LogP contribution in [0.3, 0.4) is 0 Å². The Balaban J connectivity index is 2.24. The van der Waals surface area contributed by atoms with Crippen molar-refractivity contribution in [3.05, 3.63) is 29.8 Å². The summed E-state index contributed by atoms with van der Waals surface area (Å²) >= 11 is 3.52. The summed E-state index contributed by atoms with van der Waals surface area (Å²) in [5.41, 5.74) is 0.671. The molecule has 0 N–H and O–H groups in total. The summed E-state index contributed by atoms with van der Waals surface area (Å²) in [5.74, 6) is 1.31. The molecule has 1 aromatic carbocycles. The fraction of sp³-hybridized carbons (Fsp3) is 0.533. The number of nitrogens with zero attached hydrogens (tertiary/aromatic N) is 1. The Morgan fingerprint density at radius 2 is 2.21 bits per heavy atom. The minimum atomic E-state index is 0.0813. The Hall–Kier alpha value is -1.03. The number of hydrogen-bond donors (Lipinski definition) is 0. The van der Waals surface area contributed by atoms with Gasteiger partial charge in [0.25, 0.3) is 5.91 Å². The van der Waals surface area contributed by atoms with Crippen LogP contribution in [0.2, 0.25) is 0 Å². The normalized spacial score (nSPS) is 22.6. The molecule has 2 rings (SSSR count). The molecule has 1 aliphatic heterocycles. The van der Waals surface area contributed by atoms with Gasteiger partial charge in [-0.2, -0.15) is 0 Å². The maximum Gasteiger partial charge on any atom is 0.257 e. The number of halogens is 1. The van der Waals surface area contributed by atoms with Crippen molar-refractivity contribution in [3.8, 4) is 5.75 Å². The third kappa shape index (κ3) is 2.94. The first-order valence-electron chi connectivity index (χ1n) is 6.77. The van der Waals surface area contributed by atoms with Crippen LogP contribution in [0.4, 0.5) is 0 Å². The standard InChI is InChI=1S/C15H20BrNO2/c1-3-19-14-7-5-4-6-12(14)15(18)17-9-8-11(2)13(17)10-16/h4-7,11,13H,3,8-10H2,1-2H3. The monoisotopic (exact) mass is 325 g/mol. The summed E-state index contributed by atoms with van der Waals surface area (Å²) in [5, 5.41) is 0.830. The van der Waals surface area contributed by atoms with Gasteiger partial charge in [0.1, 0.15) is 5.75 Å². The second-order valence-corrected chi connectivity index (χ2v) is 5.56. The molecule has 0 radical (unpaired) electrons. The van der Waals surface area contributed by atoms with Crippen LogP contribution in [0.25, 0.3) is 0 Å². The first-order valence-corrected chi connectivity index (χ1v) is 7.90. The topological polar surface area (TPSA) is 29.5 Å². The molecular weight excluding hydrogens is 306 g/mol. The molecule has 1 heterocycles. The maximum absolute atomic E-state index is 12.7. The zero-order chi connectivity index (χ0) is 13.8. The van der Waals surface area contributed by atoms with E-state index >= 15 is 0 Å². The second kappa shape index (κ2) is 6.42. The molecule has 104 valence electrons. The molecule has 2 atom stereocenters. The zero-order valence-corrected chi connectivity index (χ0v) is 13.0. The summed E-state index contributed by atoms with van der Waals surface area (Å²) in [6, 6.07) is 7.78. The van der Waals surface area contributed by atoms with Gasteiger partial charge in [0.15, 0.2) is 0 Å². The number of hydrogen-bond acceptors (Lipinski definition) is 2. The van der Waals surface area contributed by atoms with Crippen LogP contribution >= 0.6 is 15.9 Å². The molecular formula is C15H20BrNO2. The van der Waals surface area contributed by atoms with Gasteiger partial charge in [0, 0.05) is 17.9 Å². The molecule has 3 nitrogen and oxygen atoms in total. The molecule has 0 saturated carbocycles. The zero-order valence-electron chi connectivity index (χ0n) is 11.4. The summed E-state index contributed by atoms with van der Waals surface area (Å²) < 4.78 is 5.55. The number of ether oxygens (including phenoxy) is 1. The highest BCUT2D eigenvalue weighted by molar-refractivity contribution is 9.09. The average Bonchev–Trinajstić information content (AvgIpc) is 2.80. The maximum atomic E-state index is 12.7. The third-order valence-electron chi connectivity index (χ3n) is 3.72. The lowest BCUT2D eigenvalue weighted by Gasteiger charge is -2.26. The van der Waals surface area contributed by atoms with Gasteiger partial charge in [-0.25, -0.2) is 0 Å². The quantitative estimate of drug-likeness (QED) is 0.795. The SMILES string of the molecule is CCOc1ccccc1C(=O)N1CCC(C)C1CBr. The van der Waals surface area contributed by atoms with Crippen LogP contribution in [0.5, 0.6) is 5.75 Å². The van der Waals surface area contributed by atoms with E-state index in [2.05, 4.69) is 22.9 Å². The molecule has 0 aromatic heterocycles. The van der Waals surface area contributed by atoms with Crippen molar-refractivity contribution in [2.24, 2.45) is 5.92 Å². The Labute approximate surface area is 123 Å². The number of carbonyl (C=O) groups is 1. The Kier molecular flexibility index (Phi) is 4.86. The lowest BCUT2D eigenvalue weighted by molar-refractivity contribution is 0.0734. The van der Waals surface area contributed by atoms with Crippen LogP contribution in [-0.4, -0.2) is 35.3 Å². The molecule has 4 heteroatoms. The largest absolute Gasteiger partial charge is 0.493 e. The highest BCUT2D eigenvalue weighted by atomic mass is 79.9. The minimum absolute atomic E-state index is 0.0813. The summed E-state index contributed by atoms with van der Waals surface area (Å²) in [6.45, 7) is 5.54. The van der Waals surface area contributed by atoms with Gasteiger partial charge < -0.3 is 9.64 Å². The average molecular weight is 326 g/mol. The number of likely N-dealkylation sites (tertiary alicyclic amines) is 1. The molecule has 2 unspecified atom stereocenters. The number of para-hydroxylation sites is 1. The van der Waals surface area contributed by atoms with Gasteiger partial charge in [0.2, 0.25) is 0 Å². The first-order chi connectivity index (χ1) is 9.19. The second-order valence-electron chi connectivity index (χ2n) is 4.92. The first kappa shape index (κ1) is 14.4. The lowest BCUT2D eigenvalue weighted by atomic mass is 10.0. The molecule has 1 amide bonds. The molecule has 1 saturated heterocycles. The lowest BCUT2D eigenvalue weighted by Crippen LogP contribution is -2.38. The van der Waals surface area contributed by atoms with E-state index in [0.717, 1.165) is 18.3 Å². The number of benzene rings is 1. The van der Waals surface area contributed by atoms with E-state index < -0.39 is 0 Å². The predicted molar refractivity (Wildman–Crippen MR) is 80.0 cm³/mol.